The lowest BCUT2D eigenvalue weighted by Crippen LogP contribution is -2.13. The van der Waals surface area contributed by atoms with Gasteiger partial charge in [0.1, 0.15) is 17.1 Å². The maximum atomic E-state index is 12.0. The summed E-state index contributed by atoms with van der Waals surface area (Å²) < 4.78 is 4.87. The molecule has 0 saturated heterocycles. The second-order valence-electron chi connectivity index (χ2n) is 4.11. The Balaban J connectivity index is 2.27. The van der Waals surface area contributed by atoms with Gasteiger partial charge in [0.25, 0.3) is 11.6 Å². The number of hydrogen-bond acceptors (Lipinski definition) is 6. The predicted octanol–water partition coefficient (Wildman–Crippen LogP) is 2.16. The summed E-state index contributed by atoms with van der Waals surface area (Å²) in [7, 11) is 0. The van der Waals surface area contributed by atoms with Crippen LogP contribution in [0, 0.1) is 24.0 Å². The summed E-state index contributed by atoms with van der Waals surface area (Å²) in [6.45, 7) is 3.20. The minimum atomic E-state index is -0.639. The molecule has 104 valence electrons. The highest BCUT2D eigenvalue weighted by Gasteiger charge is 2.19. The van der Waals surface area contributed by atoms with Crippen molar-refractivity contribution in [2.45, 2.75) is 13.8 Å². The summed E-state index contributed by atoms with van der Waals surface area (Å²) in [4.78, 5) is 21.9. The second kappa shape index (κ2) is 5.00. The number of nitrogens with zero attached hydrogens (tertiary/aromatic N) is 2. The lowest BCUT2D eigenvalue weighted by Gasteiger charge is -2.06. The van der Waals surface area contributed by atoms with E-state index < -0.39 is 10.8 Å². The molecular weight excluding hydrogens is 266 g/mol. The van der Waals surface area contributed by atoms with Crippen molar-refractivity contribution in [2.75, 3.05) is 5.32 Å². The van der Waals surface area contributed by atoms with Gasteiger partial charge < -0.3 is 14.9 Å². The molecule has 1 amide bonds. The molecule has 8 nitrogen and oxygen atoms in total. The van der Waals surface area contributed by atoms with E-state index in [1.165, 1.54) is 12.1 Å². The molecule has 2 aromatic rings. The summed E-state index contributed by atoms with van der Waals surface area (Å²) in [6, 6.07) is 3.40. The Hall–Kier alpha value is -2.90. The molecule has 8 heteroatoms. The molecule has 0 atom stereocenters. The maximum Gasteiger partial charge on any atom is 0.273 e. The molecule has 1 heterocycles. The van der Waals surface area contributed by atoms with Crippen molar-refractivity contribution in [3.05, 3.63) is 45.3 Å². The first-order chi connectivity index (χ1) is 9.40. The van der Waals surface area contributed by atoms with Gasteiger partial charge in [-0.05, 0) is 19.9 Å². The third-order valence-corrected chi connectivity index (χ3v) is 2.70. The molecule has 2 rings (SSSR count). The molecule has 0 fully saturated rings. The van der Waals surface area contributed by atoms with E-state index in [2.05, 4.69) is 10.5 Å². The van der Waals surface area contributed by atoms with Gasteiger partial charge in [0.15, 0.2) is 0 Å². The zero-order chi connectivity index (χ0) is 14.9. The van der Waals surface area contributed by atoms with Crippen LogP contribution in [0.25, 0.3) is 0 Å². The number of benzene rings is 1. The minimum Gasteiger partial charge on any atom is -0.506 e. The average molecular weight is 277 g/mol. The van der Waals surface area contributed by atoms with Crippen molar-refractivity contribution >= 4 is 17.3 Å². The molecule has 0 aliphatic rings. The van der Waals surface area contributed by atoms with E-state index in [0.29, 0.717) is 11.5 Å². The second-order valence-corrected chi connectivity index (χ2v) is 4.11. The summed E-state index contributed by atoms with van der Waals surface area (Å²) in [5.41, 5.74) is 0.489. The summed E-state index contributed by atoms with van der Waals surface area (Å²) >= 11 is 0. The summed E-state index contributed by atoms with van der Waals surface area (Å²) in [5, 5.41) is 26.3. The van der Waals surface area contributed by atoms with Gasteiger partial charge in [0, 0.05) is 6.07 Å². The van der Waals surface area contributed by atoms with E-state index in [4.69, 9.17) is 4.52 Å². The third-order valence-electron chi connectivity index (χ3n) is 2.70. The smallest absolute Gasteiger partial charge is 0.273 e. The fraction of sp³-hybridized carbons (Fsp3) is 0.167. The van der Waals surface area contributed by atoms with Gasteiger partial charge >= 0.3 is 0 Å². The number of nitrogens with one attached hydrogen (secondary N) is 1. The number of aromatic nitrogens is 1. The number of phenolic OH excluding ortho intramolecular Hbond substituents is 1. The quantitative estimate of drug-likeness (QED) is 0.504. The molecule has 0 aliphatic carbocycles. The van der Waals surface area contributed by atoms with Crippen LogP contribution < -0.4 is 5.32 Å². The minimum absolute atomic E-state index is 0.0700. The van der Waals surface area contributed by atoms with Crippen LogP contribution in [0.4, 0.5) is 11.4 Å². The number of carbonyl (C=O) groups excluding carboxylic acids is 1. The van der Waals surface area contributed by atoms with E-state index in [9.17, 15) is 20.0 Å². The molecule has 0 aliphatic heterocycles. The highest BCUT2D eigenvalue weighted by Crippen LogP contribution is 2.28. The van der Waals surface area contributed by atoms with Crippen molar-refractivity contribution < 1.29 is 19.3 Å². The zero-order valence-corrected chi connectivity index (χ0v) is 10.7. The number of nitro benzene ring substituents is 1. The van der Waals surface area contributed by atoms with Crippen LogP contribution >= 0.6 is 0 Å². The van der Waals surface area contributed by atoms with Crippen molar-refractivity contribution in [3.8, 4) is 5.75 Å². The molecule has 0 radical (unpaired) electrons. The molecule has 2 N–H and O–H groups in total. The van der Waals surface area contributed by atoms with Crippen LogP contribution in [0.1, 0.15) is 21.8 Å². The molecule has 1 aromatic heterocycles. The number of aromatic hydroxyl groups is 1. The van der Waals surface area contributed by atoms with Gasteiger partial charge in [-0.15, -0.1) is 0 Å². The van der Waals surface area contributed by atoms with Crippen LogP contribution in [0.2, 0.25) is 0 Å². The van der Waals surface area contributed by atoms with E-state index in [0.717, 1.165) is 6.07 Å². The number of hydrogen-bond donors (Lipinski definition) is 2. The maximum absolute atomic E-state index is 12.0. The topological polar surface area (TPSA) is 119 Å². The van der Waals surface area contributed by atoms with Crippen molar-refractivity contribution in [1.29, 1.82) is 0 Å². The number of carbonyl (C=O) groups is 1. The van der Waals surface area contributed by atoms with Gasteiger partial charge in [-0.3, -0.25) is 14.9 Å². The number of non-ortho nitro benzene ring substituents is 1. The molecule has 0 saturated carbocycles. The van der Waals surface area contributed by atoms with Crippen LogP contribution in [-0.2, 0) is 0 Å². The largest absolute Gasteiger partial charge is 0.506 e. The van der Waals surface area contributed by atoms with Crippen LogP contribution in [0.15, 0.2) is 22.7 Å². The molecule has 20 heavy (non-hydrogen) atoms. The summed E-state index contributed by atoms with van der Waals surface area (Å²) in [6.07, 6.45) is 0. The molecule has 0 spiro atoms. The number of rotatable bonds is 3. The standard InChI is InChI=1S/C12H11N3O5/c1-6-11(7(2)20-14-6)12(17)13-9-4-3-8(15(18)19)5-10(9)16/h3-5,16H,1-2H3,(H,13,17). The summed E-state index contributed by atoms with van der Waals surface area (Å²) in [5.74, 6) is -0.550. The molecule has 0 bridgehead atoms. The van der Waals surface area contributed by atoms with Gasteiger partial charge in [-0.2, -0.15) is 0 Å². The first-order valence-electron chi connectivity index (χ1n) is 5.61. The van der Waals surface area contributed by atoms with Gasteiger partial charge in [-0.25, -0.2) is 0 Å². The number of phenols is 1. The van der Waals surface area contributed by atoms with Crippen molar-refractivity contribution in [2.24, 2.45) is 0 Å². The van der Waals surface area contributed by atoms with Crippen LogP contribution in [0.5, 0.6) is 5.75 Å². The Labute approximate surface area is 113 Å². The Morgan fingerprint density at radius 3 is 2.65 bits per heavy atom. The fourth-order valence-electron chi connectivity index (χ4n) is 1.73. The molecule has 1 aromatic carbocycles. The Kier molecular flexibility index (Phi) is 3.38. The third kappa shape index (κ3) is 2.44. The number of aryl methyl sites for hydroxylation is 2. The first kappa shape index (κ1) is 13.5. The normalized spacial score (nSPS) is 10.3. The van der Waals surface area contributed by atoms with Gasteiger partial charge in [0.05, 0.1) is 22.4 Å². The predicted molar refractivity (Wildman–Crippen MR) is 68.7 cm³/mol. The van der Waals surface area contributed by atoms with Gasteiger partial charge in [-0.1, -0.05) is 5.16 Å². The number of anilines is 1. The van der Waals surface area contributed by atoms with Crippen LogP contribution in [-0.4, -0.2) is 21.1 Å². The lowest BCUT2D eigenvalue weighted by atomic mass is 10.2. The fourth-order valence-corrected chi connectivity index (χ4v) is 1.73. The lowest BCUT2D eigenvalue weighted by molar-refractivity contribution is -0.384. The average Bonchev–Trinajstić information content (AvgIpc) is 2.71. The van der Waals surface area contributed by atoms with E-state index in [1.807, 2.05) is 0 Å². The first-order valence-corrected chi connectivity index (χ1v) is 5.61. The molecular formula is C12H11N3O5. The molecule has 0 unspecified atom stereocenters. The number of nitro groups is 1. The van der Waals surface area contributed by atoms with Crippen LogP contribution in [0.3, 0.4) is 0 Å². The van der Waals surface area contributed by atoms with Crippen molar-refractivity contribution in [1.82, 2.24) is 5.16 Å². The van der Waals surface area contributed by atoms with Crippen molar-refractivity contribution in [3.63, 3.8) is 0 Å². The van der Waals surface area contributed by atoms with E-state index in [-0.39, 0.29) is 22.7 Å². The van der Waals surface area contributed by atoms with E-state index in [1.54, 1.807) is 13.8 Å². The Morgan fingerprint density at radius 2 is 2.15 bits per heavy atom. The number of amides is 1. The zero-order valence-electron chi connectivity index (χ0n) is 10.7. The highest BCUT2D eigenvalue weighted by atomic mass is 16.6. The Bertz CT molecular complexity index is 673. The highest BCUT2D eigenvalue weighted by molar-refractivity contribution is 6.06. The monoisotopic (exact) mass is 277 g/mol. The van der Waals surface area contributed by atoms with E-state index >= 15 is 0 Å². The SMILES string of the molecule is Cc1noc(C)c1C(=O)Nc1ccc([N+](=O)[O-])cc1O. The Morgan fingerprint density at radius 1 is 1.45 bits per heavy atom. The van der Waals surface area contributed by atoms with Gasteiger partial charge in [0.2, 0.25) is 0 Å².